The maximum absolute atomic E-state index is 15.0. The van der Waals surface area contributed by atoms with E-state index in [0.29, 0.717) is 43.1 Å². The number of ether oxygens (including phenoxy) is 1. The zero-order chi connectivity index (χ0) is 27.2. The summed E-state index contributed by atoms with van der Waals surface area (Å²) in [7, 11) is 0. The number of benzene rings is 2. The number of anilines is 2. The Bertz CT molecular complexity index is 1200. The first-order valence-corrected chi connectivity index (χ1v) is 14.3. The fourth-order valence-electron chi connectivity index (χ4n) is 4.56. The molecule has 2 aliphatic heterocycles. The van der Waals surface area contributed by atoms with Gasteiger partial charge in [0.1, 0.15) is 11.9 Å². The minimum Gasteiger partial charge on any atom is -0.442 e. The molecular weight excluding hydrogens is 554 g/mol. The molecule has 0 aliphatic carbocycles. The van der Waals surface area contributed by atoms with Gasteiger partial charge in [0.25, 0.3) is 0 Å². The number of hydrogen-bond donors (Lipinski definition) is 1. The molecule has 3 amide bonds. The second-order valence-corrected chi connectivity index (χ2v) is 10.2. The molecule has 0 saturated carbocycles. The number of Topliss-reactive ketones (excluding diaryl/α,β-unsaturated/α-hetero) is 1. The Morgan fingerprint density at radius 3 is 2.39 bits per heavy atom. The van der Waals surface area contributed by atoms with Crippen molar-refractivity contribution in [3.8, 4) is 0 Å². The Labute approximate surface area is 229 Å². The molecule has 1 unspecified atom stereocenters. The van der Waals surface area contributed by atoms with Crippen LogP contribution < -0.4 is 15.1 Å². The minimum atomic E-state index is -0.586. The van der Waals surface area contributed by atoms with Gasteiger partial charge in [-0.05, 0) is 18.2 Å². The molecule has 2 atom stereocenters. The minimum absolute atomic E-state index is 0.0457. The number of hydrogen-bond acceptors (Lipinski definition) is 6. The second kappa shape index (κ2) is 12.4. The van der Waals surface area contributed by atoms with Crippen molar-refractivity contribution >= 4 is 51.9 Å². The molecule has 202 valence electrons. The summed E-state index contributed by atoms with van der Waals surface area (Å²) < 4.78 is 20.3. The van der Waals surface area contributed by atoms with Gasteiger partial charge in [0.15, 0.2) is 0 Å². The van der Waals surface area contributed by atoms with Gasteiger partial charge < -0.3 is 15.0 Å². The van der Waals surface area contributed by atoms with E-state index in [9.17, 15) is 19.2 Å². The van der Waals surface area contributed by atoms with Crippen molar-refractivity contribution in [1.82, 2.24) is 10.2 Å². The normalized spacial score (nSPS) is 17.4. The molecule has 1 N–H and O–H groups in total. The number of nitrogens with one attached hydrogen (secondary N) is 1. The molecule has 2 aliphatic rings. The van der Waals surface area contributed by atoms with E-state index in [-0.39, 0.29) is 43.5 Å². The van der Waals surface area contributed by atoms with Gasteiger partial charge in [-0.1, -0.05) is 0 Å². The number of cyclic esters (lactones) is 1. The maximum atomic E-state index is 15.0. The van der Waals surface area contributed by atoms with Gasteiger partial charge in [-0.3, -0.25) is 9.69 Å². The van der Waals surface area contributed by atoms with Gasteiger partial charge in [0.05, 0.1) is 24.5 Å². The smallest absolute Gasteiger partial charge is 0.442 e. The molecule has 2 saturated heterocycles. The number of carbonyl (C=O) groups excluding carboxylic acids is 4. The fourth-order valence-corrected chi connectivity index (χ4v) is 5.13. The van der Waals surface area contributed by atoms with E-state index >= 15 is 4.39 Å². The third-order valence-corrected chi connectivity index (χ3v) is 7.74. The molecule has 9 nitrogen and oxygen atoms in total. The van der Waals surface area contributed by atoms with E-state index in [4.69, 9.17) is 4.74 Å². The summed E-state index contributed by atoms with van der Waals surface area (Å²) in [5.74, 6) is -0.817. The van der Waals surface area contributed by atoms with Gasteiger partial charge in [-0.25, -0.2) is 9.18 Å². The zero-order valence-electron chi connectivity index (χ0n) is 21.3. The van der Waals surface area contributed by atoms with Crippen LogP contribution in [-0.4, -0.2) is 90.8 Å². The Morgan fingerprint density at radius 1 is 1.05 bits per heavy atom. The average molecular weight is 586 g/mol. The van der Waals surface area contributed by atoms with Crippen molar-refractivity contribution in [2.75, 3.05) is 49.1 Å². The SMILES string of the molecule is CC(=O)NC[C@H]1CN(c2ccc(N3CCN(C(=O)CCC(=O)c4ccc(C[AsH2])cc4)CC3)c(F)c2)C(=O)O1. The Morgan fingerprint density at radius 2 is 1.76 bits per heavy atom. The fraction of sp³-hybridized carbons (Fsp3) is 0.407. The van der Waals surface area contributed by atoms with E-state index in [2.05, 4.69) is 5.32 Å². The summed E-state index contributed by atoms with van der Waals surface area (Å²) in [6.45, 7) is 3.58. The predicted molar refractivity (Wildman–Crippen MR) is 144 cm³/mol. The van der Waals surface area contributed by atoms with Gasteiger partial charge >= 0.3 is 129 Å². The van der Waals surface area contributed by atoms with Crippen molar-refractivity contribution in [2.24, 2.45) is 0 Å². The summed E-state index contributed by atoms with van der Waals surface area (Å²) >= 11 is 1.61. The summed E-state index contributed by atoms with van der Waals surface area (Å²) in [5.41, 5.74) is 2.59. The monoisotopic (exact) mass is 586 g/mol. The van der Waals surface area contributed by atoms with Crippen LogP contribution in [0.4, 0.5) is 20.6 Å². The molecule has 0 aromatic heterocycles. The average Bonchev–Trinajstić information content (AvgIpc) is 3.30. The van der Waals surface area contributed by atoms with Gasteiger partial charge in [0, 0.05) is 6.92 Å². The molecule has 4 rings (SSSR count). The topological polar surface area (TPSA) is 99.3 Å². The van der Waals surface area contributed by atoms with Crippen molar-refractivity contribution in [3.63, 3.8) is 0 Å². The van der Waals surface area contributed by atoms with E-state index in [0.717, 1.165) is 5.21 Å². The van der Waals surface area contributed by atoms with Crippen LogP contribution in [0.2, 0.25) is 0 Å². The van der Waals surface area contributed by atoms with Crippen molar-refractivity contribution in [2.45, 2.75) is 31.1 Å². The number of nitrogens with zero attached hydrogens (tertiary/aromatic N) is 3. The number of halogens is 1. The third kappa shape index (κ3) is 6.72. The van der Waals surface area contributed by atoms with Gasteiger partial charge in [0.2, 0.25) is 5.91 Å². The number of amides is 3. The molecule has 2 fully saturated rings. The number of ketones is 1. The summed E-state index contributed by atoms with van der Waals surface area (Å²) in [6, 6.07) is 12.1. The van der Waals surface area contributed by atoms with Crippen LogP contribution in [0.5, 0.6) is 0 Å². The van der Waals surface area contributed by atoms with Crippen molar-refractivity contribution < 1.29 is 28.3 Å². The van der Waals surface area contributed by atoms with Gasteiger partial charge in [-0.2, -0.15) is 0 Å². The van der Waals surface area contributed by atoms with Crippen LogP contribution in [0.3, 0.4) is 0 Å². The first-order chi connectivity index (χ1) is 18.2. The van der Waals surface area contributed by atoms with Crippen LogP contribution in [0.25, 0.3) is 0 Å². The number of carbonyl (C=O) groups is 4. The van der Waals surface area contributed by atoms with E-state index in [1.807, 2.05) is 29.2 Å². The van der Waals surface area contributed by atoms with Crippen LogP contribution in [0.15, 0.2) is 42.5 Å². The first-order valence-electron chi connectivity index (χ1n) is 12.6. The van der Waals surface area contributed by atoms with E-state index < -0.39 is 18.0 Å². The van der Waals surface area contributed by atoms with Crippen molar-refractivity contribution in [1.29, 1.82) is 0 Å². The zero-order valence-corrected chi connectivity index (χ0v) is 23.7. The molecule has 2 aromatic carbocycles. The van der Waals surface area contributed by atoms with Crippen LogP contribution in [-0.2, 0) is 19.5 Å². The molecule has 2 aromatic rings. The first kappa shape index (κ1) is 27.6. The van der Waals surface area contributed by atoms with Crippen molar-refractivity contribution in [3.05, 3.63) is 59.4 Å². The number of piperazine rings is 1. The molecule has 0 radical (unpaired) electrons. The second-order valence-electron chi connectivity index (χ2n) is 9.38. The summed E-state index contributed by atoms with van der Waals surface area (Å²) in [4.78, 5) is 53.4. The molecule has 2 heterocycles. The standard InChI is InChI=1S/C27H32AsFN4O5/c1-18(34)30-16-22-17-33(27(37)38-22)21-6-7-24(23(29)14-21)31-10-12-32(13-11-31)26(36)9-8-25(35)20-4-2-19(15-28)3-5-20/h2-7,14,22H,8-13,15-17,28H2,1H3,(H,30,34)/t22-/m0/s1. The van der Waals surface area contributed by atoms with E-state index in [1.165, 1.54) is 23.5 Å². The quantitative estimate of drug-likeness (QED) is 0.355. The van der Waals surface area contributed by atoms with E-state index in [1.54, 1.807) is 33.9 Å². The Kier molecular flexibility index (Phi) is 9.04. The van der Waals surface area contributed by atoms with Crippen LogP contribution >= 0.6 is 0 Å². The number of rotatable bonds is 9. The van der Waals surface area contributed by atoms with Crippen LogP contribution in [0.1, 0.15) is 35.7 Å². The third-order valence-electron chi connectivity index (χ3n) is 6.75. The summed E-state index contributed by atoms with van der Waals surface area (Å²) in [5, 5.41) is 3.58. The van der Waals surface area contributed by atoms with Crippen LogP contribution in [0, 0.1) is 5.82 Å². The molecule has 11 heteroatoms. The Balaban J connectivity index is 1.27. The molecular formula is C27H32AsFN4O5. The predicted octanol–water partition coefficient (Wildman–Crippen LogP) is 1.73. The molecule has 38 heavy (non-hydrogen) atoms. The molecule has 0 spiro atoms. The van der Waals surface area contributed by atoms with Gasteiger partial charge in [-0.15, -0.1) is 0 Å². The Hall–Kier alpha value is -3.39. The summed E-state index contributed by atoms with van der Waals surface area (Å²) in [6.07, 6.45) is -0.779. The molecule has 0 bridgehead atoms.